The van der Waals surface area contributed by atoms with Crippen LogP contribution in [0.1, 0.15) is 30.5 Å². The summed E-state index contributed by atoms with van der Waals surface area (Å²) in [4.78, 5) is 0. The van der Waals surface area contributed by atoms with Crippen molar-refractivity contribution in [3.63, 3.8) is 0 Å². The van der Waals surface area contributed by atoms with Crippen LogP contribution >= 0.6 is 0 Å². The van der Waals surface area contributed by atoms with Gasteiger partial charge in [0.2, 0.25) is 0 Å². The zero-order valence-corrected chi connectivity index (χ0v) is 8.72. The average molecular weight is 173 g/mol. The summed E-state index contributed by atoms with van der Waals surface area (Å²) in [5.41, 5.74) is 4.09. The Hall–Kier alpha value is -1.04. The van der Waals surface area contributed by atoms with Crippen molar-refractivity contribution >= 4 is 0 Å². The highest BCUT2D eigenvalue weighted by Gasteiger charge is 2.03. The highest BCUT2D eigenvalue weighted by atomic mass is 14.1. The first kappa shape index (κ1) is 10.0. The molecule has 13 heavy (non-hydrogen) atoms. The normalized spacial score (nSPS) is 10.5. The van der Waals surface area contributed by atoms with Crippen LogP contribution in [0.5, 0.6) is 0 Å². The third-order valence-electron chi connectivity index (χ3n) is 2.49. The predicted octanol–water partition coefficient (Wildman–Crippen LogP) is 3.69. The topological polar surface area (TPSA) is 0 Å². The molecule has 0 heteroatoms. The minimum atomic E-state index is 1.11. The van der Waals surface area contributed by atoms with Crippen molar-refractivity contribution in [1.82, 2.24) is 0 Å². The van der Waals surface area contributed by atoms with Gasteiger partial charge >= 0.3 is 0 Å². The van der Waals surface area contributed by atoms with Gasteiger partial charge in [-0.05, 0) is 30.0 Å². The van der Waals surface area contributed by atoms with Gasteiger partial charge in [-0.1, -0.05) is 38.1 Å². The van der Waals surface area contributed by atoms with Crippen LogP contribution in [0.25, 0.3) is 0 Å². The number of rotatable bonds is 3. The van der Waals surface area contributed by atoms with Crippen LogP contribution < -0.4 is 0 Å². The second-order valence-electron chi connectivity index (χ2n) is 3.38. The summed E-state index contributed by atoms with van der Waals surface area (Å²) in [6.45, 7) is 10.2. The van der Waals surface area contributed by atoms with E-state index in [1.807, 2.05) is 6.08 Å². The molecule has 0 spiro atoms. The summed E-state index contributed by atoms with van der Waals surface area (Å²) in [7, 11) is 0. The summed E-state index contributed by atoms with van der Waals surface area (Å²) in [5.74, 6) is 1.24. The highest BCUT2D eigenvalue weighted by Crippen LogP contribution is 2.19. The van der Waals surface area contributed by atoms with Gasteiger partial charge in [-0.3, -0.25) is 0 Å². The van der Waals surface area contributed by atoms with Crippen molar-refractivity contribution < 1.29 is 0 Å². The van der Waals surface area contributed by atoms with E-state index >= 15 is 0 Å². The lowest BCUT2D eigenvalue weighted by Crippen LogP contribution is -1.93. The van der Waals surface area contributed by atoms with E-state index in [-0.39, 0.29) is 0 Å². The Labute approximate surface area is 81.3 Å². The van der Waals surface area contributed by atoms with Gasteiger partial charge in [0.05, 0.1) is 0 Å². The Kier molecular flexibility index (Phi) is 3.30. The van der Waals surface area contributed by atoms with Crippen LogP contribution in [0.2, 0.25) is 0 Å². The van der Waals surface area contributed by atoms with E-state index in [2.05, 4.69) is 45.5 Å². The molecular formula is C13H17. The first-order valence-electron chi connectivity index (χ1n) is 4.75. The van der Waals surface area contributed by atoms with Gasteiger partial charge in [-0.15, -0.1) is 6.58 Å². The van der Waals surface area contributed by atoms with Gasteiger partial charge in [-0.25, -0.2) is 0 Å². The van der Waals surface area contributed by atoms with Crippen LogP contribution in [0.4, 0.5) is 0 Å². The van der Waals surface area contributed by atoms with Crippen molar-refractivity contribution in [3.8, 4) is 0 Å². The van der Waals surface area contributed by atoms with Gasteiger partial charge in [0.15, 0.2) is 0 Å². The molecule has 1 aromatic carbocycles. The maximum Gasteiger partial charge on any atom is 0.0230 e. The third-order valence-corrected chi connectivity index (χ3v) is 2.49. The van der Waals surface area contributed by atoms with E-state index in [0.717, 1.165) is 6.42 Å². The van der Waals surface area contributed by atoms with E-state index in [1.165, 1.54) is 22.6 Å². The molecule has 0 aromatic heterocycles. The molecule has 0 heterocycles. The number of hydrogen-bond acceptors (Lipinski definition) is 0. The third kappa shape index (κ3) is 2.21. The van der Waals surface area contributed by atoms with E-state index in [1.54, 1.807) is 0 Å². The Bertz CT molecular complexity index is 297. The van der Waals surface area contributed by atoms with E-state index in [0.29, 0.717) is 0 Å². The summed E-state index contributed by atoms with van der Waals surface area (Å²) in [6.07, 6.45) is 3.01. The van der Waals surface area contributed by atoms with Gasteiger partial charge in [0.1, 0.15) is 0 Å². The van der Waals surface area contributed by atoms with Crippen LogP contribution in [0.15, 0.2) is 30.9 Å². The van der Waals surface area contributed by atoms with Gasteiger partial charge in [-0.2, -0.15) is 0 Å². The molecule has 0 bridgehead atoms. The number of benzene rings is 1. The number of allylic oxidation sites excluding steroid dienone is 1. The van der Waals surface area contributed by atoms with E-state index in [4.69, 9.17) is 0 Å². The minimum absolute atomic E-state index is 1.11. The molecule has 69 valence electrons. The molecule has 0 unspecified atom stereocenters. The van der Waals surface area contributed by atoms with Crippen molar-refractivity contribution in [2.45, 2.75) is 27.2 Å². The zero-order valence-electron chi connectivity index (χ0n) is 8.72. The van der Waals surface area contributed by atoms with Crippen LogP contribution in [0, 0.1) is 12.8 Å². The molecule has 0 atom stereocenters. The summed E-state index contributed by atoms with van der Waals surface area (Å²) < 4.78 is 0. The lowest BCUT2D eigenvalue weighted by atomic mass is 9.96. The molecule has 0 amide bonds. The number of hydrogen-bond donors (Lipinski definition) is 0. The highest BCUT2D eigenvalue weighted by molar-refractivity contribution is 5.40. The molecule has 0 fully saturated rings. The molecule has 0 nitrogen and oxygen atoms in total. The molecule has 0 aliphatic heterocycles. The molecule has 1 rings (SSSR count). The fourth-order valence-corrected chi connectivity index (χ4v) is 1.46. The molecular weight excluding hydrogens is 156 g/mol. The smallest absolute Gasteiger partial charge is 0.0230 e. The number of aryl methyl sites for hydroxylation is 2. The SMILES string of the molecule is C=C[C](C)c1ccc(CC)c(C)c1. The molecule has 0 N–H and O–H groups in total. The van der Waals surface area contributed by atoms with Crippen molar-refractivity contribution in [3.05, 3.63) is 53.5 Å². The lowest BCUT2D eigenvalue weighted by molar-refractivity contribution is 1.10. The monoisotopic (exact) mass is 173 g/mol. The molecule has 0 saturated carbocycles. The summed E-state index contributed by atoms with van der Waals surface area (Å²) in [5, 5.41) is 0. The molecule has 1 aromatic rings. The average Bonchev–Trinajstić information content (AvgIpc) is 2.16. The van der Waals surface area contributed by atoms with Gasteiger partial charge < -0.3 is 0 Å². The second-order valence-corrected chi connectivity index (χ2v) is 3.38. The Morgan fingerprint density at radius 1 is 1.46 bits per heavy atom. The minimum Gasteiger partial charge on any atom is -0.102 e. The van der Waals surface area contributed by atoms with E-state index < -0.39 is 0 Å². The summed E-state index contributed by atoms with van der Waals surface area (Å²) in [6, 6.07) is 6.61. The maximum absolute atomic E-state index is 3.77. The van der Waals surface area contributed by atoms with Crippen molar-refractivity contribution in [1.29, 1.82) is 0 Å². The predicted molar refractivity (Wildman–Crippen MR) is 58.8 cm³/mol. The van der Waals surface area contributed by atoms with Crippen molar-refractivity contribution in [2.24, 2.45) is 0 Å². The fraction of sp³-hybridized carbons (Fsp3) is 0.308. The van der Waals surface area contributed by atoms with Crippen LogP contribution in [-0.4, -0.2) is 0 Å². The summed E-state index contributed by atoms with van der Waals surface area (Å²) >= 11 is 0. The first-order chi connectivity index (χ1) is 6.19. The molecule has 1 radical (unpaired) electrons. The Morgan fingerprint density at radius 2 is 2.15 bits per heavy atom. The maximum atomic E-state index is 3.77. The lowest BCUT2D eigenvalue weighted by Gasteiger charge is -2.09. The van der Waals surface area contributed by atoms with Crippen LogP contribution in [0.3, 0.4) is 0 Å². The Morgan fingerprint density at radius 3 is 2.62 bits per heavy atom. The zero-order chi connectivity index (χ0) is 9.84. The standard InChI is InChI=1S/C13H17/c1-5-10(3)13-8-7-12(6-2)11(4)9-13/h5,7-9H,1,6H2,2-4H3. The van der Waals surface area contributed by atoms with Crippen LogP contribution in [-0.2, 0) is 6.42 Å². The van der Waals surface area contributed by atoms with Gasteiger partial charge in [0, 0.05) is 5.92 Å². The van der Waals surface area contributed by atoms with Gasteiger partial charge in [0.25, 0.3) is 0 Å². The largest absolute Gasteiger partial charge is 0.102 e. The second kappa shape index (κ2) is 4.27. The first-order valence-corrected chi connectivity index (χ1v) is 4.75. The Balaban J connectivity index is 3.02. The fourth-order valence-electron chi connectivity index (χ4n) is 1.46. The quantitative estimate of drug-likeness (QED) is 0.654. The molecule has 0 aliphatic rings. The van der Waals surface area contributed by atoms with Crippen molar-refractivity contribution in [2.75, 3.05) is 0 Å². The molecule has 0 aliphatic carbocycles. The molecule has 0 saturated heterocycles. The van der Waals surface area contributed by atoms with E-state index in [9.17, 15) is 0 Å².